The van der Waals surface area contributed by atoms with Gasteiger partial charge in [-0.25, -0.2) is 0 Å². The molecule has 56 heavy (non-hydrogen) atoms. The fraction of sp³-hybridized carbons (Fsp3) is 0.861. The van der Waals surface area contributed by atoms with Gasteiger partial charge in [-0.15, -0.1) is 0 Å². The molecule has 3 N–H and O–H groups in total. The summed E-state index contributed by atoms with van der Waals surface area (Å²) in [6.45, 7) is 5.27. The van der Waals surface area contributed by atoms with Gasteiger partial charge in [-0.2, -0.15) is 16.8 Å². The van der Waals surface area contributed by atoms with E-state index in [0.29, 0.717) is 12.8 Å². The minimum absolute atomic E-state index is 0. The van der Waals surface area contributed by atoms with Crippen molar-refractivity contribution in [3.63, 3.8) is 0 Å². The summed E-state index contributed by atoms with van der Waals surface area (Å²) in [6, 6.07) is 0. The molecule has 2 atom stereocenters. The predicted molar refractivity (Wildman–Crippen MR) is 198 cm³/mol. The van der Waals surface area contributed by atoms with Crippen LogP contribution in [0.5, 0.6) is 0 Å². The van der Waals surface area contributed by atoms with Gasteiger partial charge < -0.3 is 34.6 Å². The average Bonchev–Trinajstić information content (AvgIpc) is 3.57. The summed E-state index contributed by atoms with van der Waals surface area (Å²) < 4.78 is 71.1. The van der Waals surface area contributed by atoms with Crippen LogP contribution in [0.1, 0.15) is 168 Å². The normalized spacial score (nSPS) is 13.2. The first-order valence-electron chi connectivity index (χ1n) is 19.4. The van der Waals surface area contributed by atoms with Gasteiger partial charge in [-0.05, 0) is 19.3 Å². The third-order valence-electron chi connectivity index (χ3n) is 8.34. The number of ether oxygens (including phenoxy) is 2. The number of carbonyl (C=O) groups is 5. The largest absolute Gasteiger partial charge is 1.00 e. The zero-order chi connectivity index (χ0) is 41.3. The standard InChI is InChI=1S/2C16H30O7S.C4H7NO.2Na/c2*1-2-3-4-5-6-7-8-9-10-11-12-23-16(19)14(13-15(17)18)24(20,21)22;6-4-2-1-3-5-4;;/h2*14H,2-13H2,1H3,(H,17,18)(H,20,21,22);1-3H2,(H,5,6);;/q;;;2*+1/p-2. The van der Waals surface area contributed by atoms with Gasteiger partial charge in [0.1, 0.15) is 0 Å². The number of carboxylic acid groups (broad SMARTS) is 2. The third kappa shape index (κ3) is 40.0. The molecule has 0 aromatic rings. The number of hydrogen-bond donors (Lipinski definition) is 3. The van der Waals surface area contributed by atoms with Gasteiger partial charge in [-0.3, -0.25) is 23.5 Å². The SMILES string of the molecule is CCCCCCCCCCCCOC(=O)C(CC(=O)[O-])S(=O)(=O)O.CCCCCCCCCCCCOC(=O)C(CC(=O)[O-])S(=O)(=O)O.O=C1CCCN1.[Na+].[Na+]. The van der Waals surface area contributed by atoms with Crippen molar-refractivity contribution >= 4 is 50.0 Å². The monoisotopic (exact) mass is 861 g/mol. The van der Waals surface area contributed by atoms with Crippen LogP contribution >= 0.6 is 0 Å². The van der Waals surface area contributed by atoms with Gasteiger partial charge >= 0.3 is 71.1 Å². The van der Waals surface area contributed by atoms with Crippen LogP contribution in [0.3, 0.4) is 0 Å². The van der Waals surface area contributed by atoms with E-state index in [0.717, 1.165) is 57.9 Å². The summed E-state index contributed by atoms with van der Waals surface area (Å²) in [6.07, 6.45) is 21.6. The van der Waals surface area contributed by atoms with Gasteiger partial charge in [0, 0.05) is 37.7 Å². The van der Waals surface area contributed by atoms with Crippen LogP contribution in [0.15, 0.2) is 0 Å². The molecule has 0 bridgehead atoms. The number of carbonyl (C=O) groups excluding carboxylic acids is 5. The second-order valence-corrected chi connectivity index (χ2v) is 16.5. The molecule has 0 spiro atoms. The van der Waals surface area contributed by atoms with E-state index in [-0.39, 0.29) is 78.2 Å². The average molecular weight is 862 g/mol. The number of unbranched alkanes of at least 4 members (excludes halogenated alkanes) is 18. The molecule has 1 aliphatic heterocycles. The van der Waals surface area contributed by atoms with E-state index in [1.807, 2.05) is 0 Å². The topological polar surface area (TPSA) is 271 Å². The molecule has 1 amide bonds. The Kier molecular flexibility index (Phi) is 43.7. The molecule has 318 valence electrons. The minimum atomic E-state index is -4.82. The van der Waals surface area contributed by atoms with Gasteiger partial charge in [0.15, 0.2) is 10.5 Å². The van der Waals surface area contributed by atoms with Crippen molar-refractivity contribution in [2.24, 2.45) is 0 Å². The van der Waals surface area contributed by atoms with Crippen LogP contribution in [0.4, 0.5) is 0 Å². The molecule has 0 aromatic heterocycles. The van der Waals surface area contributed by atoms with Crippen molar-refractivity contribution in [2.75, 3.05) is 19.8 Å². The number of nitrogens with one attached hydrogen (secondary N) is 1. The third-order valence-corrected chi connectivity index (χ3v) is 10.5. The Morgan fingerprint density at radius 1 is 0.589 bits per heavy atom. The maximum Gasteiger partial charge on any atom is 1.00 e. The quantitative estimate of drug-likeness (QED) is 0.0294. The molecule has 0 aromatic carbocycles. The van der Waals surface area contributed by atoms with E-state index in [4.69, 9.17) is 18.6 Å². The molecule has 0 radical (unpaired) electrons. The van der Waals surface area contributed by atoms with E-state index in [1.165, 1.54) is 77.0 Å². The van der Waals surface area contributed by atoms with Crippen molar-refractivity contribution < 1.29 is 129 Å². The second-order valence-electron chi connectivity index (χ2n) is 13.3. The maximum atomic E-state index is 11.5. The Balaban J connectivity index is -0.000000405. The van der Waals surface area contributed by atoms with Gasteiger partial charge in [0.2, 0.25) is 5.91 Å². The molecular weight excluding hydrogens is 797 g/mol. The van der Waals surface area contributed by atoms with E-state index >= 15 is 0 Å². The van der Waals surface area contributed by atoms with Crippen molar-refractivity contribution in [2.45, 2.75) is 178 Å². The number of esters is 2. The number of amides is 1. The molecule has 20 heteroatoms. The molecule has 1 saturated heterocycles. The molecule has 1 heterocycles. The first kappa shape index (κ1) is 61.8. The Hall–Kier alpha value is -0.830. The van der Waals surface area contributed by atoms with Crippen LogP contribution in [0.25, 0.3) is 0 Å². The van der Waals surface area contributed by atoms with Gasteiger partial charge in [0.05, 0.1) is 13.2 Å². The summed E-state index contributed by atoms with van der Waals surface area (Å²) in [5.74, 6) is -5.78. The van der Waals surface area contributed by atoms with Gasteiger partial charge in [0.25, 0.3) is 20.2 Å². The molecule has 16 nitrogen and oxygen atoms in total. The fourth-order valence-electron chi connectivity index (χ4n) is 5.20. The number of aliphatic carboxylic acids is 2. The van der Waals surface area contributed by atoms with Crippen LogP contribution in [0, 0.1) is 0 Å². The first-order chi connectivity index (χ1) is 25.5. The summed E-state index contributed by atoms with van der Waals surface area (Å²) >= 11 is 0. The van der Waals surface area contributed by atoms with Crippen LogP contribution < -0.4 is 74.6 Å². The number of hydrogen-bond acceptors (Lipinski definition) is 13. The zero-order valence-corrected chi connectivity index (χ0v) is 39.9. The summed E-state index contributed by atoms with van der Waals surface area (Å²) in [5.41, 5.74) is 0. The van der Waals surface area contributed by atoms with Crippen molar-refractivity contribution in [1.29, 1.82) is 0 Å². The molecule has 0 saturated carbocycles. The molecule has 1 rings (SSSR count). The van der Waals surface area contributed by atoms with Crippen molar-refractivity contribution in [3.8, 4) is 0 Å². The van der Waals surface area contributed by atoms with Crippen LogP contribution in [-0.2, 0) is 53.7 Å². The Labute approximate surface area is 379 Å². The zero-order valence-electron chi connectivity index (χ0n) is 34.3. The van der Waals surface area contributed by atoms with E-state index in [2.05, 4.69) is 19.2 Å². The summed E-state index contributed by atoms with van der Waals surface area (Å²) in [4.78, 5) is 54.1. The van der Waals surface area contributed by atoms with Crippen molar-refractivity contribution in [1.82, 2.24) is 5.32 Å². The van der Waals surface area contributed by atoms with Gasteiger partial charge in [-0.1, -0.05) is 129 Å². The Morgan fingerprint density at radius 2 is 0.875 bits per heavy atom. The van der Waals surface area contributed by atoms with E-state index in [1.54, 1.807) is 0 Å². The minimum Gasteiger partial charge on any atom is -0.550 e. The summed E-state index contributed by atoms with van der Waals surface area (Å²) in [5, 5.41) is 19.3. The van der Waals surface area contributed by atoms with Crippen molar-refractivity contribution in [3.05, 3.63) is 0 Å². The summed E-state index contributed by atoms with van der Waals surface area (Å²) in [7, 11) is -9.64. The first-order valence-corrected chi connectivity index (χ1v) is 22.4. The maximum absolute atomic E-state index is 11.5. The molecule has 0 aliphatic carbocycles. The Morgan fingerprint density at radius 3 is 1.07 bits per heavy atom. The molecular formula is C36H65NNa2O15S2. The number of rotatable bonds is 30. The molecule has 2 unspecified atom stereocenters. The Bertz CT molecular complexity index is 1170. The van der Waals surface area contributed by atoms with E-state index < -0.39 is 67.5 Å². The predicted octanol–water partition coefficient (Wildman–Crippen LogP) is -2.40. The fourth-order valence-corrected chi connectivity index (χ4v) is 6.51. The smallest absolute Gasteiger partial charge is 0.550 e. The second kappa shape index (κ2) is 39.6. The van der Waals surface area contributed by atoms with Crippen LogP contribution in [-0.4, -0.2) is 86.0 Å². The number of carboxylic acids is 2. The molecule has 1 fully saturated rings. The van der Waals surface area contributed by atoms with E-state index in [9.17, 15) is 51.0 Å². The van der Waals surface area contributed by atoms with Crippen LogP contribution in [0.2, 0.25) is 0 Å². The molecule has 1 aliphatic rings.